The molecule has 0 aliphatic rings. The number of amides is 1. The molecule has 0 spiro atoms. The number of unbranched alkanes of at least 4 members (excludes halogenated alkanes) is 39. The van der Waals surface area contributed by atoms with Gasteiger partial charge in [-0.3, -0.25) is 4.79 Å². The lowest BCUT2D eigenvalue weighted by Crippen LogP contribution is -2.50. The van der Waals surface area contributed by atoms with Crippen molar-refractivity contribution >= 4 is 5.91 Å². The fourth-order valence-corrected chi connectivity index (χ4v) is 8.75. The number of rotatable bonds is 51. The van der Waals surface area contributed by atoms with Crippen molar-refractivity contribution in [3.63, 3.8) is 0 Å². The van der Waals surface area contributed by atoms with Gasteiger partial charge in [0.25, 0.3) is 0 Å². The monoisotopic (exact) mass is 860 g/mol. The van der Waals surface area contributed by atoms with E-state index < -0.39 is 18.2 Å². The Morgan fingerprint density at radius 1 is 0.393 bits per heavy atom. The summed E-state index contributed by atoms with van der Waals surface area (Å²) in [5.74, 6) is -0.152. The molecule has 0 aromatic carbocycles. The second-order valence-corrected chi connectivity index (χ2v) is 19.1. The SMILES string of the molecule is CCCCCCC/C=C/CCCC(O)C(O)C(CO)NC(=O)CCCCCCCCCCCCCCCCCCC/C=C\CCCCCCCCCCCCCCCCCC. The van der Waals surface area contributed by atoms with E-state index in [1.807, 2.05) is 0 Å². The highest BCUT2D eigenvalue weighted by Crippen LogP contribution is 2.17. The number of hydrogen-bond donors (Lipinski definition) is 4. The summed E-state index contributed by atoms with van der Waals surface area (Å²) >= 11 is 0. The van der Waals surface area contributed by atoms with Crippen molar-refractivity contribution in [2.24, 2.45) is 0 Å². The summed E-state index contributed by atoms with van der Waals surface area (Å²) < 4.78 is 0. The first-order valence-electron chi connectivity index (χ1n) is 27.6. The Morgan fingerprint density at radius 2 is 0.656 bits per heavy atom. The maximum absolute atomic E-state index is 12.4. The zero-order valence-electron chi connectivity index (χ0n) is 41.3. The molecule has 0 aliphatic heterocycles. The Labute approximate surface area is 382 Å². The van der Waals surface area contributed by atoms with Crippen molar-refractivity contribution in [2.45, 2.75) is 321 Å². The van der Waals surface area contributed by atoms with Crippen molar-refractivity contribution in [3.05, 3.63) is 24.3 Å². The summed E-state index contributed by atoms with van der Waals surface area (Å²) in [6.07, 6.45) is 65.1. The number of aliphatic hydroxyl groups is 3. The van der Waals surface area contributed by atoms with Crippen molar-refractivity contribution < 1.29 is 20.1 Å². The van der Waals surface area contributed by atoms with E-state index in [4.69, 9.17) is 0 Å². The van der Waals surface area contributed by atoms with E-state index in [0.29, 0.717) is 12.8 Å². The van der Waals surface area contributed by atoms with Crippen LogP contribution in [0.1, 0.15) is 303 Å². The molecule has 0 radical (unpaired) electrons. The fraction of sp³-hybridized carbons (Fsp3) is 0.911. The molecule has 362 valence electrons. The summed E-state index contributed by atoms with van der Waals surface area (Å²) in [6.45, 7) is 4.16. The largest absolute Gasteiger partial charge is 0.394 e. The summed E-state index contributed by atoms with van der Waals surface area (Å²) in [7, 11) is 0. The minimum atomic E-state index is -1.16. The van der Waals surface area contributed by atoms with Crippen molar-refractivity contribution in [1.29, 1.82) is 0 Å². The zero-order valence-corrected chi connectivity index (χ0v) is 41.3. The Hall–Kier alpha value is -1.17. The molecule has 0 saturated heterocycles. The average molecular weight is 860 g/mol. The fourth-order valence-electron chi connectivity index (χ4n) is 8.75. The van der Waals surface area contributed by atoms with E-state index in [2.05, 4.69) is 43.5 Å². The van der Waals surface area contributed by atoms with Crippen LogP contribution in [0, 0.1) is 0 Å². The van der Waals surface area contributed by atoms with Crippen LogP contribution in [0.25, 0.3) is 0 Å². The van der Waals surface area contributed by atoms with E-state index in [9.17, 15) is 20.1 Å². The van der Waals surface area contributed by atoms with Crippen molar-refractivity contribution in [2.75, 3.05) is 6.61 Å². The molecular weight excluding hydrogens is 751 g/mol. The molecule has 5 nitrogen and oxygen atoms in total. The Balaban J connectivity index is 3.42. The van der Waals surface area contributed by atoms with Gasteiger partial charge in [-0.15, -0.1) is 0 Å². The number of carbonyl (C=O) groups excluding carboxylic acids is 1. The first-order chi connectivity index (χ1) is 30.1. The van der Waals surface area contributed by atoms with Crippen LogP contribution >= 0.6 is 0 Å². The summed E-state index contributed by atoms with van der Waals surface area (Å²) in [5.41, 5.74) is 0. The van der Waals surface area contributed by atoms with Gasteiger partial charge in [0.1, 0.15) is 6.10 Å². The highest BCUT2D eigenvalue weighted by molar-refractivity contribution is 5.76. The van der Waals surface area contributed by atoms with Gasteiger partial charge in [0.05, 0.1) is 18.8 Å². The molecule has 0 aromatic heterocycles. The molecule has 0 saturated carbocycles. The third-order valence-electron chi connectivity index (χ3n) is 13.0. The molecule has 0 rings (SSSR count). The van der Waals surface area contributed by atoms with E-state index in [-0.39, 0.29) is 12.5 Å². The molecule has 3 atom stereocenters. The molecule has 4 N–H and O–H groups in total. The third kappa shape index (κ3) is 46.6. The molecule has 5 heteroatoms. The van der Waals surface area contributed by atoms with Crippen molar-refractivity contribution in [1.82, 2.24) is 5.32 Å². The molecule has 61 heavy (non-hydrogen) atoms. The predicted molar refractivity (Wildman–Crippen MR) is 268 cm³/mol. The zero-order chi connectivity index (χ0) is 44.4. The predicted octanol–water partition coefficient (Wildman–Crippen LogP) is 16.9. The minimum Gasteiger partial charge on any atom is -0.394 e. The van der Waals surface area contributed by atoms with Gasteiger partial charge in [-0.25, -0.2) is 0 Å². The summed E-state index contributed by atoms with van der Waals surface area (Å²) in [5, 5.41) is 33.5. The topological polar surface area (TPSA) is 89.8 Å². The molecule has 0 heterocycles. The van der Waals surface area contributed by atoms with Crippen LogP contribution in [-0.4, -0.2) is 46.1 Å². The third-order valence-corrected chi connectivity index (χ3v) is 13.0. The van der Waals surface area contributed by atoms with Gasteiger partial charge in [0.15, 0.2) is 0 Å². The van der Waals surface area contributed by atoms with Crippen LogP contribution in [-0.2, 0) is 4.79 Å². The van der Waals surface area contributed by atoms with E-state index in [1.165, 1.54) is 238 Å². The molecule has 1 amide bonds. The number of aliphatic hydroxyl groups excluding tert-OH is 3. The number of allylic oxidation sites excluding steroid dienone is 4. The second kappa shape index (κ2) is 51.5. The normalized spacial score (nSPS) is 13.5. The average Bonchev–Trinajstić information content (AvgIpc) is 3.26. The maximum Gasteiger partial charge on any atom is 0.220 e. The summed E-state index contributed by atoms with van der Waals surface area (Å²) in [4.78, 5) is 12.4. The van der Waals surface area contributed by atoms with Crippen LogP contribution in [0.15, 0.2) is 24.3 Å². The quantitative estimate of drug-likeness (QED) is 0.0362. The van der Waals surface area contributed by atoms with Gasteiger partial charge in [0, 0.05) is 6.42 Å². The highest BCUT2D eigenvalue weighted by atomic mass is 16.3. The van der Waals surface area contributed by atoms with Crippen LogP contribution in [0.2, 0.25) is 0 Å². The molecule has 0 bridgehead atoms. The maximum atomic E-state index is 12.4. The lowest BCUT2D eigenvalue weighted by Gasteiger charge is -2.26. The Morgan fingerprint density at radius 3 is 0.951 bits per heavy atom. The van der Waals surface area contributed by atoms with Gasteiger partial charge in [0.2, 0.25) is 5.91 Å². The first kappa shape index (κ1) is 59.8. The molecule has 0 aliphatic carbocycles. The number of nitrogens with one attached hydrogen (secondary N) is 1. The molecule has 3 unspecified atom stereocenters. The smallest absolute Gasteiger partial charge is 0.220 e. The van der Waals surface area contributed by atoms with Gasteiger partial charge < -0.3 is 20.6 Å². The van der Waals surface area contributed by atoms with Gasteiger partial charge >= 0.3 is 0 Å². The van der Waals surface area contributed by atoms with E-state index in [1.54, 1.807) is 0 Å². The lowest BCUT2D eigenvalue weighted by atomic mass is 10.0. The molecule has 0 aromatic rings. The van der Waals surface area contributed by atoms with Gasteiger partial charge in [-0.1, -0.05) is 256 Å². The van der Waals surface area contributed by atoms with E-state index in [0.717, 1.165) is 38.5 Å². The Kier molecular flexibility index (Phi) is 50.5. The second-order valence-electron chi connectivity index (χ2n) is 19.1. The van der Waals surface area contributed by atoms with Crippen LogP contribution in [0.3, 0.4) is 0 Å². The number of carbonyl (C=O) groups is 1. The summed E-state index contributed by atoms with van der Waals surface area (Å²) in [6, 6.07) is -0.822. The van der Waals surface area contributed by atoms with Crippen molar-refractivity contribution in [3.8, 4) is 0 Å². The van der Waals surface area contributed by atoms with Gasteiger partial charge in [-0.05, 0) is 64.2 Å². The molecular formula is C56H109NO4. The van der Waals surface area contributed by atoms with Gasteiger partial charge in [-0.2, -0.15) is 0 Å². The van der Waals surface area contributed by atoms with Crippen LogP contribution < -0.4 is 5.32 Å². The lowest BCUT2D eigenvalue weighted by molar-refractivity contribution is -0.124. The standard InChI is InChI=1S/C56H109NO4/c1-3-5-7-9-11-13-15-16-17-18-19-20-21-22-23-24-25-26-27-28-29-30-31-32-33-34-35-36-37-38-39-40-41-43-45-47-49-51-55(60)57-53(52-58)56(61)54(59)50-48-46-44-42-14-12-10-8-6-4-2/h26-27,42,44,53-54,56,58-59,61H,3-25,28-41,43,45-52H2,1-2H3,(H,57,60)/b27-26-,44-42+. The van der Waals surface area contributed by atoms with Crippen LogP contribution in [0.5, 0.6) is 0 Å². The van der Waals surface area contributed by atoms with E-state index >= 15 is 0 Å². The van der Waals surface area contributed by atoms with Crippen LogP contribution in [0.4, 0.5) is 0 Å². The highest BCUT2D eigenvalue weighted by Gasteiger charge is 2.26. The Bertz CT molecular complexity index is 905. The first-order valence-corrected chi connectivity index (χ1v) is 27.6. The number of hydrogen-bond acceptors (Lipinski definition) is 4. The molecule has 0 fully saturated rings. The minimum absolute atomic E-state index is 0.152.